The van der Waals surface area contributed by atoms with Crippen LogP contribution in [-0.2, 0) is 28.7 Å². The van der Waals surface area contributed by atoms with Gasteiger partial charge in [-0.25, -0.2) is 14.1 Å². The van der Waals surface area contributed by atoms with E-state index in [2.05, 4.69) is 6.58 Å². The number of anilines is 1. The SMILES string of the molecule is C=CCOC(=O)C1=C(C(=O)N(C(=O)CC)c2cc(SCC(=O)OCCCC)c(Cl)cc2F)CCCC1. The number of nitrogens with zero attached hydrogens (tertiary/aromatic N) is 1. The van der Waals surface area contributed by atoms with Crippen LogP contribution in [-0.4, -0.2) is 42.7 Å². The van der Waals surface area contributed by atoms with E-state index in [0.29, 0.717) is 30.8 Å². The van der Waals surface area contributed by atoms with Crippen LogP contribution < -0.4 is 4.90 Å². The molecule has 1 aliphatic rings. The second kappa shape index (κ2) is 14.8. The fraction of sp³-hybridized carbons (Fsp3) is 0.462. The minimum absolute atomic E-state index is 0.0192. The van der Waals surface area contributed by atoms with Gasteiger partial charge in [0.1, 0.15) is 12.4 Å². The number of ether oxygens (including phenoxy) is 2. The molecule has 0 saturated heterocycles. The number of rotatable bonds is 12. The largest absolute Gasteiger partial charge is 0.465 e. The van der Waals surface area contributed by atoms with Gasteiger partial charge in [-0.05, 0) is 44.2 Å². The summed E-state index contributed by atoms with van der Waals surface area (Å²) in [7, 11) is 0. The molecular weight excluding hydrogens is 509 g/mol. The van der Waals surface area contributed by atoms with Gasteiger partial charge in [0.05, 0.1) is 23.1 Å². The quantitative estimate of drug-likeness (QED) is 0.144. The number of imide groups is 1. The van der Waals surface area contributed by atoms with Crippen LogP contribution in [0.15, 0.2) is 40.8 Å². The van der Waals surface area contributed by atoms with Gasteiger partial charge in [-0.3, -0.25) is 14.4 Å². The zero-order chi connectivity index (χ0) is 26.7. The molecular formula is C26H31ClFNO6S. The van der Waals surface area contributed by atoms with Crippen LogP contribution in [0.3, 0.4) is 0 Å². The fourth-order valence-corrected chi connectivity index (χ4v) is 4.61. The molecule has 0 fully saturated rings. The van der Waals surface area contributed by atoms with Gasteiger partial charge in [-0.15, -0.1) is 11.8 Å². The van der Waals surface area contributed by atoms with Crippen molar-refractivity contribution in [3.8, 4) is 0 Å². The maximum atomic E-state index is 15.1. The first kappa shape index (κ1) is 29.6. The van der Waals surface area contributed by atoms with Gasteiger partial charge in [-0.2, -0.15) is 0 Å². The van der Waals surface area contributed by atoms with E-state index in [1.54, 1.807) is 6.92 Å². The maximum absolute atomic E-state index is 15.1. The van der Waals surface area contributed by atoms with E-state index in [0.717, 1.165) is 35.6 Å². The monoisotopic (exact) mass is 539 g/mol. The smallest absolute Gasteiger partial charge is 0.334 e. The molecule has 1 aliphatic carbocycles. The second-order valence-corrected chi connectivity index (χ2v) is 9.46. The summed E-state index contributed by atoms with van der Waals surface area (Å²) >= 11 is 7.21. The molecule has 0 unspecified atom stereocenters. The van der Waals surface area contributed by atoms with Crippen LogP contribution in [0, 0.1) is 5.82 Å². The molecule has 196 valence electrons. The molecule has 1 aromatic rings. The highest BCUT2D eigenvalue weighted by atomic mass is 35.5. The number of unbranched alkanes of at least 4 members (excludes halogenated alkanes) is 1. The van der Waals surface area contributed by atoms with Crippen molar-refractivity contribution in [3.63, 3.8) is 0 Å². The van der Waals surface area contributed by atoms with Gasteiger partial charge in [0.25, 0.3) is 5.91 Å². The Labute approximate surface area is 220 Å². The molecule has 0 N–H and O–H groups in total. The summed E-state index contributed by atoms with van der Waals surface area (Å²) in [5, 5.41) is 0.0320. The molecule has 10 heteroatoms. The number of hydrogen-bond acceptors (Lipinski definition) is 7. The number of esters is 2. The molecule has 7 nitrogen and oxygen atoms in total. The number of carbonyl (C=O) groups is 4. The van der Waals surface area contributed by atoms with E-state index in [4.69, 9.17) is 21.1 Å². The first-order valence-electron chi connectivity index (χ1n) is 11.9. The van der Waals surface area contributed by atoms with Gasteiger partial charge in [0, 0.05) is 22.5 Å². The van der Waals surface area contributed by atoms with Gasteiger partial charge >= 0.3 is 11.9 Å². The predicted octanol–water partition coefficient (Wildman–Crippen LogP) is 5.78. The topological polar surface area (TPSA) is 90.0 Å². The third-order valence-electron chi connectivity index (χ3n) is 5.41. The van der Waals surface area contributed by atoms with Gasteiger partial charge in [0.15, 0.2) is 0 Å². The number of carbonyl (C=O) groups excluding carboxylic acids is 4. The normalized spacial score (nSPS) is 13.2. The summed E-state index contributed by atoms with van der Waals surface area (Å²) in [5.41, 5.74) is 0.0101. The Morgan fingerprint density at radius 1 is 1.14 bits per heavy atom. The number of hydrogen-bond donors (Lipinski definition) is 0. The first-order valence-corrected chi connectivity index (χ1v) is 13.3. The Morgan fingerprint density at radius 3 is 2.47 bits per heavy atom. The standard InChI is InChI=1S/C26H31ClFNO6S/c1-4-7-13-34-24(31)16-36-22-15-21(20(28)14-19(22)27)29(23(30)6-3)25(32)17-10-8-9-11-18(17)26(33)35-12-5-2/h5,14-15H,2,4,6-13,16H2,1,3H3. The summed E-state index contributed by atoms with van der Waals surface area (Å²) in [5.74, 6) is -3.48. The maximum Gasteiger partial charge on any atom is 0.334 e. The summed E-state index contributed by atoms with van der Waals surface area (Å²) in [4.78, 5) is 52.1. The Hall–Kier alpha value is -2.65. The summed E-state index contributed by atoms with van der Waals surface area (Å²) in [6, 6.07) is 2.27. The summed E-state index contributed by atoms with van der Waals surface area (Å²) in [6.45, 7) is 7.32. The molecule has 0 saturated carbocycles. The van der Waals surface area contributed by atoms with Gasteiger partial charge in [0.2, 0.25) is 5.91 Å². The molecule has 36 heavy (non-hydrogen) atoms. The van der Waals surface area contributed by atoms with Gasteiger partial charge < -0.3 is 9.47 Å². The van der Waals surface area contributed by atoms with E-state index in [1.165, 1.54) is 12.1 Å². The molecule has 2 amide bonds. The van der Waals surface area contributed by atoms with Crippen LogP contribution in [0.1, 0.15) is 58.8 Å². The second-order valence-electron chi connectivity index (χ2n) is 8.04. The molecule has 0 radical (unpaired) electrons. The molecule has 0 atom stereocenters. The number of benzene rings is 1. The first-order chi connectivity index (χ1) is 17.2. The Kier molecular flexibility index (Phi) is 12.2. The molecule has 0 bridgehead atoms. The van der Waals surface area contributed by atoms with Crippen molar-refractivity contribution in [1.82, 2.24) is 0 Å². The number of amides is 2. The van der Waals surface area contributed by atoms with Crippen molar-refractivity contribution in [2.45, 2.75) is 63.7 Å². The third kappa shape index (κ3) is 7.93. The Bertz CT molecular complexity index is 1040. The zero-order valence-corrected chi connectivity index (χ0v) is 22.1. The fourth-order valence-electron chi connectivity index (χ4n) is 3.55. The molecule has 0 aromatic heterocycles. The molecule has 1 aromatic carbocycles. The van der Waals surface area contributed by atoms with Crippen molar-refractivity contribution in [2.24, 2.45) is 0 Å². The van der Waals surface area contributed by atoms with Gasteiger partial charge in [-0.1, -0.05) is 44.5 Å². The molecule has 2 rings (SSSR count). The minimum atomic E-state index is -0.878. The Morgan fingerprint density at radius 2 is 1.83 bits per heavy atom. The van der Waals surface area contributed by atoms with E-state index in [9.17, 15) is 19.2 Å². The third-order valence-corrected chi connectivity index (χ3v) is 6.86. The molecule has 0 spiro atoms. The lowest BCUT2D eigenvalue weighted by Crippen LogP contribution is -2.39. The molecule has 0 heterocycles. The highest BCUT2D eigenvalue weighted by molar-refractivity contribution is 8.00. The lowest BCUT2D eigenvalue weighted by molar-refractivity contribution is -0.140. The van der Waals surface area contributed by atoms with Crippen molar-refractivity contribution < 1.29 is 33.0 Å². The highest BCUT2D eigenvalue weighted by Gasteiger charge is 2.33. The van der Waals surface area contributed by atoms with Crippen molar-refractivity contribution in [1.29, 1.82) is 0 Å². The summed E-state index contributed by atoms with van der Waals surface area (Å²) in [6.07, 6.45) is 4.85. The average Bonchev–Trinajstić information content (AvgIpc) is 2.87. The van der Waals surface area contributed by atoms with Crippen molar-refractivity contribution in [3.05, 3.63) is 46.8 Å². The van der Waals surface area contributed by atoms with E-state index in [-0.39, 0.29) is 47.1 Å². The molecule has 0 aliphatic heterocycles. The highest BCUT2D eigenvalue weighted by Crippen LogP contribution is 2.36. The lowest BCUT2D eigenvalue weighted by atomic mass is 9.90. The van der Waals surface area contributed by atoms with Crippen LogP contribution >= 0.6 is 23.4 Å². The predicted molar refractivity (Wildman–Crippen MR) is 137 cm³/mol. The minimum Gasteiger partial charge on any atom is -0.465 e. The van der Waals surface area contributed by atoms with E-state index >= 15 is 4.39 Å². The Balaban J connectivity index is 2.41. The van der Waals surface area contributed by atoms with Crippen LogP contribution in [0.4, 0.5) is 10.1 Å². The lowest BCUT2D eigenvalue weighted by Gasteiger charge is -2.26. The van der Waals surface area contributed by atoms with E-state index in [1.807, 2.05) is 6.92 Å². The van der Waals surface area contributed by atoms with Crippen LogP contribution in [0.2, 0.25) is 5.02 Å². The van der Waals surface area contributed by atoms with Crippen molar-refractivity contribution in [2.75, 3.05) is 23.9 Å². The number of halogens is 2. The average molecular weight is 540 g/mol. The zero-order valence-electron chi connectivity index (χ0n) is 20.6. The van der Waals surface area contributed by atoms with Crippen LogP contribution in [0.5, 0.6) is 0 Å². The van der Waals surface area contributed by atoms with Crippen molar-refractivity contribution >= 4 is 52.8 Å². The summed E-state index contributed by atoms with van der Waals surface area (Å²) < 4.78 is 25.3. The van der Waals surface area contributed by atoms with Crippen LogP contribution in [0.25, 0.3) is 0 Å². The number of thioether (sulfide) groups is 1. The van der Waals surface area contributed by atoms with E-state index < -0.39 is 29.6 Å².